The van der Waals surface area contributed by atoms with Crippen molar-refractivity contribution in [3.05, 3.63) is 58.9 Å². The molecule has 0 saturated carbocycles. The van der Waals surface area contributed by atoms with Crippen LogP contribution >= 0.6 is 0 Å². The van der Waals surface area contributed by atoms with Gasteiger partial charge in [0.05, 0.1) is 23.9 Å². The fourth-order valence-corrected chi connectivity index (χ4v) is 2.89. The number of rotatable bonds is 5. The summed E-state index contributed by atoms with van der Waals surface area (Å²) in [6.07, 6.45) is 1.19. The summed E-state index contributed by atoms with van der Waals surface area (Å²) in [5.41, 5.74) is 6.75. The first-order chi connectivity index (χ1) is 11.4. The van der Waals surface area contributed by atoms with Gasteiger partial charge in [0.15, 0.2) is 0 Å². The molecule has 1 N–H and O–H groups in total. The highest BCUT2D eigenvalue weighted by atomic mass is 16.5. The van der Waals surface area contributed by atoms with E-state index in [-0.39, 0.29) is 6.61 Å². The van der Waals surface area contributed by atoms with E-state index in [1.807, 2.05) is 23.6 Å². The molecule has 0 spiro atoms. The number of hydrogen-bond donors (Lipinski definition) is 1. The maximum absolute atomic E-state index is 10.3. The van der Waals surface area contributed by atoms with Crippen molar-refractivity contribution < 1.29 is 9.84 Å². The van der Waals surface area contributed by atoms with Gasteiger partial charge in [0.25, 0.3) is 0 Å². The zero-order valence-corrected chi connectivity index (χ0v) is 14.7. The molecule has 24 heavy (non-hydrogen) atoms. The highest BCUT2D eigenvalue weighted by Gasteiger charge is 2.11. The van der Waals surface area contributed by atoms with Crippen molar-refractivity contribution in [1.29, 1.82) is 0 Å². The summed E-state index contributed by atoms with van der Waals surface area (Å²) in [7, 11) is 0. The van der Waals surface area contributed by atoms with Crippen LogP contribution in [0.1, 0.15) is 22.3 Å². The molecule has 0 aliphatic rings. The standard InChI is InChI=1S/C20H24N2O2/c1-13-5-6-20(16(4)7-13)24-11-17(23)10-22-12-21-18-8-14(2)15(3)9-19(18)22/h5-9,12,17,23H,10-11H2,1-4H3. The zero-order chi connectivity index (χ0) is 17.3. The summed E-state index contributed by atoms with van der Waals surface area (Å²) >= 11 is 0. The summed E-state index contributed by atoms with van der Waals surface area (Å²) in [5, 5.41) is 10.3. The first-order valence-corrected chi connectivity index (χ1v) is 8.24. The second kappa shape index (κ2) is 6.65. The van der Waals surface area contributed by atoms with Gasteiger partial charge in [0, 0.05) is 0 Å². The Labute approximate surface area is 142 Å². The van der Waals surface area contributed by atoms with Crippen LogP contribution in [0.2, 0.25) is 0 Å². The number of fused-ring (bicyclic) bond motifs is 1. The topological polar surface area (TPSA) is 47.3 Å². The van der Waals surface area contributed by atoms with E-state index in [4.69, 9.17) is 4.74 Å². The smallest absolute Gasteiger partial charge is 0.122 e. The number of aliphatic hydroxyl groups is 1. The molecule has 0 saturated heterocycles. The van der Waals surface area contributed by atoms with E-state index in [0.717, 1.165) is 22.3 Å². The summed E-state index contributed by atoms with van der Waals surface area (Å²) in [6, 6.07) is 10.3. The van der Waals surface area contributed by atoms with E-state index in [1.54, 1.807) is 6.33 Å². The van der Waals surface area contributed by atoms with Gasteiger partial charge in [-0.3, -0.25) is 0 Å². The molecule has 3 rings (SSSR count). The number of benzene rings is 2. The van der Waals surface area contributed by atoms with Crippen LogP contribution in [0.4, 0.5) is 0 Å². The van der Waals surface area contributed by atoms with Gasteiger partial charge in [0.2, 0.25) is 0 Å². The van der Waals surface area contributed by atoms with Crippen LogP contribution in [0.15, 0.2) is 36.7 Å². The molecule has 0 fully saturated rings. The molecule has 0 aliphatic heterocycles. The Morgan fingerprint density at radius 1 is 1.04 bits per heavy atom. The maximum Gasteiger partial charge on any atom is 0.122 e. The minimum Gasteiger partial charge on any atom is -0.491 e. The second-order valence-corrected chi connectivity index (χ2v) is 6.56. The number of aryl methyl sites for hydroxylation is 4. The Morgan fingerprint density at radius 2 is 1.79 bits per heavy atom. The molecule has 4 heteroatoms. The minimum atomic E-state index is -0.593. The summed E-state index contributed by atoms with van der Waals surface area (Å²) < 4.78 is 7.76. The molecule has 2 aromatic carbocycles. The van der Waals surface area contributed by atoms with Crippen molar-refractivity contribution >= 4 is 11.0 Å². The molecule has 1 unspecified atom stereocenters. The van der Waals surface area contributed by atoms with Crippen molar-refractivity contribution in [1.82, 2.24) is 9.55 Å². The van der Waals surface area contributed by atoms with Crippen LogP contribution in [-0.2, 0) is 6.54 Å². The lowest BCUT2D eigenvalue weighted by Crippen LogP contribution is -2.23. The second-order valence-electron chi connectivity index (χ2n) is 6.56. The predicted molar refractivity (Wildman–Crippen MR) is 96.6 cm³/mol. The van der Waals surface area contributed by atoms with Crippen molar-refractivity contribution in [2.75, 3.05) is 6.61 Å². The molecule has 0 aliphatic carbocycles. The third-order valence-electron chi connectivity index (χ3n) is 4.41. The normalized spacial score (nSPS) is 12.5. The monoisotopic (exact) mass is 324 g/mol. The van der Waals surface area contributed by atoms with Crippen molar-refractivity contribution in [3.63, 3.8) is 0 Å². The number of imidazole rings is 1. The van der Waals surface area contributed by atoms with E-state index in [1.165, 1.54) is 16.7 Å². The molecule has 3 aromatic rings. The van der Waals surface area contributed by atoms with E-state index < -0.39 is 6.10 Å². The van der Waals surface area contributed by atoms with Gasteiger partial charge in [-0.15, -0.1) is 0 Å². The lowest BCUT2D eigenvalue weighted by molar-refractivity contribution is 0.0931. The van der Waals surface area contributed by atoms with Gasteiger partial charge >= 0.3 is 0 Å². The van der Waals surface area contributed by atoms with E-state index in [2.05, 4.69) is 44.0 Å². The van der Waals surface area contributed by atoms with Gasteiger partial charge in [0.1, 0.15) is 18.5 Å². The van der Waals surface area contributed by atoms with Gasteiger partial charge in [-0.1, -0.05) is 17.7 Å². The number of ether oxygens (including phenoxy) is 1. The van der Waals surface area contributed by atoms with Gasteiger partial charge in [-0.2, -0.15) is 0 Å². The van der Waals surface area contributed by atoms with Crippen LogP contribution < -0.4 is 4.74 Å². The lowest BCUT2D eigenvalue weighted by Gasteiger charge is -2.15. The first kappa shape index (κ1) is 16.5. The van der Waals surface area contributed by atoms with Crippen LogP contribution in [-0.4, -0.2) is 27.4 Å². The molecular weight excluding hydrogens is 300 g/mol. The van der Waals surface area contributed by atoms with Crippen molar-refractivity contribution in [2.24, 2.45) is 0 Å². The average molecular weight is 324 g/mol. The van der Waals surface area contributed by atoms with Gasteiger partial charge in [-0.25, -0.2) is 4.98 Å². The Balaban J connectivity index is 1.69. The molecule has 1 aromatic heterocycles. The Kier molecular flexibility index (Phi) is 4.58. The van der Waals surface area contributed by atoms with Crippen LogP contribution in [0.5, 0.6) is 5.75 Å². The van der Waals surface area contributed by atoms with E-state index in [9.17, 15) is 5.11 Å². The highest BCUT2D eigenvalue weighted by molar-refractivity contribution is 5.77. The third-order valence-corrected chi connectivity index (χ3v) is 4.41. The van der Waals surface area contributed by atoms with E-state index >= 15 is 0 Å². The number of nitrogens with zero attached hydrogens (tertiary/aromatic N) is 2. The molecule has 0 amide bonds. The predicted octanol–water partition coefficient (Wildman–Crippen LogP) is 3.71. The van der Waals surface area contributed by atoms with Crippen LogP contribution in [0.25, 0.3) is 11.0 Å². The zero-order valence-electron chi connectivity index (χ0n) is 14.7. The number of aromatic nitrogens is 2. The molecule has 0 radical (unpaired) electrons. The average Bonchev–Trinajstić information content (AvgIpc) is 2.89. The molecule has 1 atom stereocenters. The molecule has 1 heterocycles. The molecule has 126 valence electrons. The quantitative estimate of drug-likeness (QED) is 0.778. The number of aliphatic hydroxyl groups excluding tert-OH is 1. The fourth-order valence-electron chi connectivity index (χ4n) is 2.89. The molecule has 4 nitrogen and oxygen atoms in total. The van der Waals surface area contributed by atoms with Crippen molar-refractivity contribution in [3.8, 4) is 5.75 Å². The first-order valence-electron chi connectivity index (χ1n) is 8.24. The summed E-state index contributed by atoms with van der Waals surface area (Å²) in [6.45, 7) is 8.97. The van der Waals surface area contributed by atoms with Gasteiger partial charge < -0.3 is 14.4 Å². The highest BCUT2D eigenvalue weighted by Crippen LogP contribution is 2.20. The number of hydrogen-bond acceptors (Lipinski definition) is 3. The minimum absolute atomic E-state index is 0.258. The largest absolute Gasteiger partial charge is 0.491 e. The fraction of sp³-hybridized carbons (Fsp3) is 0.350. The third kappa shape index (κ3) is 3.44. The van der Waals surface area contributed by atoms with E-state index in [0.29, 0.717) is 6.54 Å². The molecular formula is C20H24N2O2. The summed E-state index contributed by atoms with van der Waals surface area (Å²) in [4.78, 5) is 4.43. The summed E-state index contributed by atoms with van der Waals surface area (Å²) in [5.74, 6) is 0.821. The SMILES string of the molecule is Cc1ccc(OCC(O)Cn2cnc3cc(C)c(C)cc32)c(C)c1. The molecule has 0 bridgehead atoms. The van der Waals surface area contributed by atoms with Crippen LogP contribution in [0.3, 0.4) is 0 Å². The van der Waals surface area contributed by atoms with Crippen molar-refractivity contribution in [2.45, 2.75) is 40.3 Å². The Bertz CT molecular complexity index is 867. The Morgan fingerprint density at radius 3 is 2.54 bits per heavy atom. The van der Waals surface area contributed by atoms with Gasteiger partial charge in [-0.05, 0) is 62.6 Å². The maximum atomic E-state index is 10.3. The Hall–Kier alpha value is -2.33. The van der Waals surface area contributed by atoms with Crippen LogP contribution in [0, 0.1) is 27.7 Å². The lowest BCUT2D eigenvalue weighted by atomic mass is 10.1.